The van der Waals surface area contributed by atoms with Gasteiger partial charge in [-0.25, -0.2) is 0 Å². The van der Waals surface area contributed by atoms with Gasteiger partial charge in [-0.05, 0) is 59.7 Å². The van der Waals surface area contributed by atoms with Gasteiger partial charge in [-0.2, -0.15) is 0 Å². The van der Waals surface area contributed by atoms with Crippen LogP contribution in [0.25, 0.3) is 0 Å². The third-order valence-corrected chi connectivity index (χ3v) is 3.46. The Labute approximate surface area is 128 Å². The van der Waals surface area contributed by atoms with Crippen molar-refractivity contribution in [2.75, 3.05) is 13.7 Å². The van der Waals surface area contributed by atoms with Gasteiger partial charge in [-0.15, -0.1) is 0 Å². The van der Waals surface area contributed by atoms with Crippen LogP contribution < -0.4 is 15.4 Å². The number of thiocarbonyl (C=S) groups is 1. The Bertz CT molecular complexity index is 477. The minimum Gasteiger partial charge on any atom is -0.496 e. The van der Waals surface area contributed by atoms with Crippen molar-refractivity contribution in [2.45, 2.75) is 19.9 Å². The van der Waals surface area contributed by atoms with Crippen LogP contribution in [-0.4, -0.2) is 18.8 Å². The zero-order valence-electron chi connectivity index (χ0n) is 11.4. The summed E-state index contributed by atoms with van der Waals surface area (Å²) in [6, 6.07) is 6.09. The Balaban J connectivity index is 2.62. The summed E-state index contributed by atoms with van der Waals surface area (Å²) in [6.07, 6.45) is 0. The van der Waals surface area contributed by atoms with Crippen molar-refractivity contribution in [3.05, 3.63) is 40.4 Å². The van der Waals surface area contributed by atoms with Crippen molar-refractivity contribution in [2.24, 2.45) is 0 Å². The van der Waals surface area contributed by atoms with Gasteiger partial charge in [-0.1, -0.05) is 18.2 Å². The van der Waals surface area contributed by atoms with E-state index in [1.807, 2.05) is 25.1 Å². The van der Waals surface area contributed by atoms with Crippen LogP contribution in [0.2, 0.25) is 0 Å². The van der Waals surface area contributed by atoms with E-state index in [4.69, 9.17) is 17.0 Å². The summed E-state index contributed by atoms with van der Waals surface area (Å²) in [5, 5.41) is 6.97. The summed E-state index contributed by atoms with van der Waals surface area (Å²) in [6.45, 7) is 8.53. The molecular formula is C14H19BrN2OS. The summed E-state index contributed by atoms with van der Waals surface area (Å²) in [7, 11) is 1.65. The van der Waals surface area contributed by atoms with Gasteiger partial charge in [-0.3, -0.25) is 0 Å². The summed E-state index contributed by atoms with van der Waals surface area (Å²) in [5.41, 5.74) is 2.18. The number of ether oxygens (including phenoxy) is 1. The van der Waals surface area contributed by atoms with Crippen molar-refractivity contribution in [1.82, 2.24) is 10.6 Å². The van der Waals surface area contributed by atoms with Crippen molar-refractivity contribution in [3.63, 3.8) is 0 Å². The number of halogens is 1. The lowest BCUT2D eigenvalue weighted by Crippen LogP contribution is -2.37. The molecule has 0 heterocycles. The number of nitrogens with one attached hydrogen (secondary N) is 2. The van der Waals surface area contributed by atoms with E-state index in [0.29, 0.717) is 11.7 Å². The summed E-state index contributed by atoms with van der Waals surface area (Å²) in [5.74, 6) is 0.818. The first-order valence-corrected chi connectivity index (χ1v) is 7.16. The predicted molar refractivity (Wildman–Crippen MR) is 87.7 cm³/mol. The lowest BCUT2D eigenvalue weighted by Gasteiger charge is -2.18. The average Bonchev–Trinajstić information content (AvgIpc) is 2.36. The van der Waals surface area contributed by atoms with Crippen LogP contribution in [0.3, 0.4) is 0 Å². The topological polar surface area (TPSA) is 33.3 Å². The molecule has 0 amide bonds. The zero-order chi connectivity index (χ0) is 14.4. The van der Waals surface area contributed by atoms with Crippen molar-refractivity contribution in [3.8, 4) is 5.75 Å². The van der Waals surface area contributed by atoms with E-state index in [9.17, 15) is 0 Å². The van der Waals surface area contributed by atoms with Crippen LogP contribution in [0.4, 0.5) is 0 Å². The zero-order valence-corrected chi connectivity index (χ0v) is 13.8. The van der Waals surface area contributed by atoms with Gasteiger partial charge < -0.3 is 15.4 Å². The van der Waals surface area contributed by atoms with Crippen molar-refractivity contribution >= 4 is 33.3 Å². The first-order valence-electron chi connectivity index (χ1n) is 5.96. The highest BCUT2D eigenvalue weighted by atomic mass is 79.9. The van der Waals surface area contributed by atoms with E-state index >= 15 is 0 Å². The largest absolute Gasteiger partial charge is 0.496 e. The molecule has 0 aliphatic heterocycles. The second-order valence-corrected chi connectivity index (χ2v) is 5.66. The van der Waals surface area contributed by atoms with Crippen molar-refractivity contribution in [1.29, 1.82) is 0 Å². The smallest absolute Gasteiger partial charge is 0.167 e. The molecule has 0 aliphatic rings. The van der Waals surface area contributed by atoms with Gasteiger partial charge in [0.05, 0.1) is 17.6 Å². The van der Waals surface area contributed by atoms with Crippen LogP contribution in [0, 0.1) is 0 Å². The Hall–Kier alpha value is -1.07. The molecule has 0 unspecified atom stereocenters. The lowest BCUT2D eigenvalue weighted by atomic mass is 10.1. The highest BCUT2D eigenvalue weighted by Crippen LogP contribution is 2.27. The molecule has 19 heavy (non-hydrogen) atoms. The van der Waals surface area contributed by atoms with Crippen LogP contribution in [0.1, 0.15) is 25.5 Å². The third-order valence-electron chi connectivity index (χ3n) is 2.57. The van der Waals surface area contributed by atoms with Crippen molar-refractivity contribution < 1.29 is 4.74 Å². The van der Waals surface area contributed by atoms with E-state index < -0.39 is 0 Å². The van der Waals surface area contributed by atoms with E-state index in [0.717, 1.165) is 21.4 Å². The molecule has 104 valence electrons. The maximum atomic E-state index is 5.23. The van der Waals surface area contributed by atoms with Gasteiger partial charge in [0.1, 0.15) is 5.75 Å². The first-order chi connectivity index (χ1) is 8.93. The fourth-order valence-electron chi connectivity index (χ4n) is 1.51. The van der Waals surface area contributed by atoms with E-state index in [1.54, 1.807) is 7.11 Å². The molecule has 0 bridgehead atoms. The Morgan fingerprint density at radius 1 is 1.53 bits per heavy atom. The van der Waals surface area contributed by atoms with Crippen LogP contribution >= 0.6 is 28.1 Å². The molecule has 1 atom stereocenters. The highest BCUT2D eigenvalue weighted by Gasteiger charge is 2.09. The number of methoxy groups -OCH3 is 1. The lowest BCUT2D eigenvalue weighted by molar-refractivity contribution is 0.412. The van der Waals surface area contributed by atoms with Gasteiger partial charge in [0.15, 0.2) is 5.11 Å². The minimum absolute atomic E-state index is 0.118. The third kappa shape index (κ3) is 5.20. The number of hydrogen-bond acceptors (Lipinski definition) is 2. The maximum Gasteiger partial charge on any atom is 0.167 e. The molecule has 0 fully saturated rings. The molecule has 0 radical (unpaired) electrons. The van der Waals surface area contributed by atoms with Crippen LogP contribution in [0.15, 0.2) is 34.8 Å². The number of benzene rings is 1. The van der Waals surface area contributed by atoms with E-state index in [-0.39, 0.29) is 6.04 Å². The Kier molecular flexibility index (Phi) is 6.31. The fourth-order valence-corrected chi connectivity index (χ4v) is 2.32. The number of hydrogen-bond donors (Lipinski definition) is 2. The summed E-state index contributed by atoms with van der Waals surface area (Å²) in [4.78, 5) is 0. The molecule has 0 saturated heterocycles. The standard InChI is InChI=1S/C14H19BrN2OS/c1-9(2)8-16-14(19)17-10(3)11-5-6-13(18-4)12(15)7-11/h5-7,10H,1,8H2,2-4H3,(H2,16,17,19)/t10-/m1/s1. The summed E-state index contributed by atoms with van der Waals surface area (Å²) < 4.78 is 6.14. The van der Waals surface area contributed by atoms with Gasteiger partial charge in [0, 0.05) is 6.54 Å². The normalized spacial score (nSPS) is 11.6. The molecule has 0 aromatic heterocycles. The minimum atomic E-state index is 0.118. The fraction of sp³-hybridized carbons (Fsp3) is 0.357. The molecule has 0 spiro atoms. The highest BCUT2D eigenvalue weighted by molar-refractivity contribution is 9.10. The average molecular weight is 343 g/mol. The van der Waals surface area contributed by atoms with E-state index in [1.165, 1.54) is 0 Å². The Morgan fingerprint density at radius 3 is 2.74 bits per heavy atom. The maximum absolute atomic E-state index is 5.23. The number of rotatable bonds is 5. The predicted octanol–water partition coefficient (Wildman–Crippen LogP) is 3.56. The van der Waals surface area contributed by atoms with Gasteiger partial charge in [0.2, 0.25) is 0 Å². The molecule has 0 aliphatic carbocycles. The SMILES string of the molecule is C=C(C)CNC(=S)N[C@H](C)c1ccc(OC)c(Br)c1. The van der Waals surface area contributed by atoms with Crippen LogP contribution in [-0.2, 0) is 0 Å². The summed E-state index contributed by atoms with van der Waals surface area (Å²) >= 11 is 8.71. The molecule has 3 nitrogen and oxygen atoms in total. The monoisotopic (exact) mass is 342 g/mol. The molecule has 1 aromatic rings. The first kappa shape index (κ1) is 16.0. The second kappa shape index (κ2) is 7.50. The van der Waals surface area contributed by atoms with Gasteiger partial charge in [0.25, 0.3) is 0 Å². The molecule has 1 rings (SSSR count). The molecule has 0 saturated carbocycles. The Morgan fingerprint density at radius 2 is 2.21 bits per heavy atom. The quantitative estimate of drug-likeness (QED) is 0.633. The molecule has 2 N–H and O–H groups in total. The van der Waals surface area contributed by atoms with Crippen LogP contribution in [0.5, 0.6) is 5.75 Å². The molecule has 5 heteroatoms. The molecule has 1 aromatic carbocycles. The van der Waals surface area contributed by atoms with Gasteiger partial charge >= 0.3 is 0 Å². The molecular weight excluding hydrogens is 324 g/mol. The second-order valence-electron chi connectivity index (χ2n) is 4.40. The van der Waals surface area contributed by atoms with E-state index in [2.05, 4.69) is 40.1 Å².